The van der Waals surface area contributed by atoms with Gasteiger partial charge in [0.15, 0.2) is 0 Å². The van der Waals surface area contributed by atoms with Gasteiger partial charge in [-0.3, -0.25) is 9.98 Å². The standard InChI is InChI=1S/C18H23ClN6.3ClH.2Ni.H2O/c1-12-17(13(2)21-10-6-4-3-5-9-20-12)24-25-18-22-15-8-7-14(19)11-16(15)23-18;;;;;;/h7-8,11,17H,3-6,9-10H2,1-2H3,(H,22,23);3*1H;;;1H2/q;;;;+1;+2;/p-3. The monoisotopic (exact) mass is 597 g/mol. The third-order valence-corrected chi connectivity index (χ3v) is 4.51. The van der Waals surface area contributed by atoms with Gasteiger partial charge in [0.2, 0.25) is 5.95 Å². The Balaban J connectivity index is 0.00000138. The first-order chi connectivity index (χ1) is 14.5. The molecule has 0 unspecified atom stereocenters. The molecule has 0 saturated heterocycles. The Morgan fingerprint density at radius 3 is 2.13 bits per heavy atom. The second-order valence-corrected chi connectivity index (χ2v) is 8.41. The number of H-pyrrole nitrogens is 1. The maximum atomic E-state index is 6.01. The van der Waals surface area contributed by atoms with E-state index < -0.39 is 0 Å². The first kappa shape index (κ1) is 30.7. The van der Waals surface area contributed by atoms with Crippen LogP contribution in [0.1, 0.15) is 39.5 Å². The summed E-state index contributed by atoms with van der Waals surface area (Å²) in [4.78, 5) is 16.9. The average molecular weight is 601 g/mol. The van der Waals surface area contributed by atoms with Crippen molar-refractivity contribution in [3.05, 3.63) is 23.2 Å². The number of aromatic nitrogens is 2. The summed E-state index contributed by atoms with van der Waals surface area (Å²) < 4.78 is 0. The fourth-order valence-electron chi connectivity index (χ4n) is 2.86. The summed E-state index contributed by atoms with van der Waals surface area (Å²) in [5.41, 5.74) is 3.56. The van der Waals surface area contributed by atoms with Gasteiger partial charge in [-0.15, -0.1) is 5.11 Å². The molecule has 1 aromatic heterocycles. The molecule has 13 heteroatoms. The van der Waals surface area contributed by atoms with Crippen molar-refractivity contribution in [1.82, 2.24) is 9.97 Å². The molecule has 0 fully saturated rings. The average Bonchev–Trinajstić information content (AvgIpc) is 3.12. The van der Waals surface area contributed by atoms with Crippen LogP contribution in [0.5, 0.6) is 0 Å². The molecule has 2 heterocycles. The van der Waals surface area contributed by atoms with Crippen molar-refractivity contribution < 1.29 is 32.7 Å². The van der Waals surface area contributed by atoms with E-state index >= 15 is 0 Å². The van der Waals surface area contributed by atoms with Gasteiger partial charge in [-0.1, -0.05) is 24.4 Å². The summed E-state index contributed by atoms with van der Waals surface area (Å²) in [6.45, 7) is 5.68. The summed E-state index contributed by atoms with van der Waals surface area (Å²) in [7, 11) is 13.7. The predicted molar refractivity (Wildman–Crippen MR) is 125 cm³/mol. The van der Waals surface area contributed by atoms with Crippen LogP contribution in [0, 0.1) is 0 Å². The molecule has 0 atom stereocenters. The van der Waals surface area contributed by atoms with Gasteiger partial charge < -0.3 is 10.5 Å². The SMILES string of the molecule is CC1=NCCCCCCN=C(C)C1N=Nc1nc2ccc(Cl)cc2[nH]1.O.[Cl][Ni].[Cl][Ni][Cl]. The number of aromatic amines is 1. The first-order valence-electron chi connectivity index (χ1n) is 9.07. The number of hydrogen-bond acceptors (Lipinski definition) is 5. The van der Waals surface area contributed by atoms with Crippen LogP contribution in [0.2, 0.25) is 5.02 Å². The van der Waals surface area contributed by atoms with Gasteiger partial charge in [0.25, 0.3) is 0 Å². The number of rotatable bonds is 2. The molecule has 0 bridgehead atoms. The molecule has 7 nitrogen and oxygen atoms in total. The minimum atomic E-state index is -0.227. The summed E-state index contributed by atoms with van der Waals surface area (Å²) in [5.74, 6) is 0.465. The molecule has 31 heavy (non-hydrogen) atoms. The second kappa shape index (κ2) is 18.2. The summed E-state index contributed by atoms with van der Waals surface area (Å²) in [6.07, 6.45) is 4.65. The zero-order valence-corrected chi connectivity index (χ0v) is 21.9. The predicted octanol–water partition coefficient (Wildman–Crippen LogP) is 6.40. The van der Waals surface area contributed by atoms with Crippen LogP contribution in [0.15, 0.2) is 38.4 Å². The molecule has 181 valence electrons. The number of nitrogens with zero attached hydrogens (tertiary/aromatic N) is 5. The van der Waals surface area contributed by atoms with Crippen molar-refractivity contribution >= 4 is 70.6 Å². The third-order valence-electron chi connectivity index (χ3n) is 4.28. The zero-order chi connectivity index (χ0) is 22.4. The van der Waals surface area contributed by atoms with Crippen molar-refractivity contribution in [3.63, 3.8) is 0 Å². The van der Waals surface area contributed by atoms with Crippen LogP contribution in [-0.2, 0) is 27.2 Å². The third kappa shape index (κ3) is 11.4. The van der Waals surface area contributed by atoms with Crippen LogP contribution in [0.4, 0.5) is 5.95 Å². The van der Waals surface area contributed by atoms with E-state index in [1.807, 2.05) is 32.0 Å². The van der Waals surface area contributed by atoms with Gasteiger partial charge >= 0.3 is 57.8 Å². The normalized spacial score (nSPS) is 17.4. The molecule has 0 amide bonds. The number of hydrogen-bond donors (Lipinski definition) is 1. The molecule has 1 aliphatic rings. The van der Waals surface area contributed by atoms with Gasteiger partial charge in [-0.2, -0.15) is 5.11 Å². The Bertz CT molecular complexity index is 839. The van der Waals surface area contributed by atoms with Crippen molar-refractivity contribution in [1.29, 1.82) is 0 Å². The number of halogens is 4. The van der Waals surface area contributed by atoms with Gasteiger partial charge in [-0.25, -0.2) is 4.98 Å². The molecule has 0 aliphatic carbocycles. The Hall–Kier alpha value is -0.263. The van der Waals surface area contributed by atoms with Crippen LogP contribution < -0.4 is 0 Å². The Morgan fingerprint density at radius 2 is 1.58 bits per heavy atom. The van der Waals surface area contributed by atoms with Crippen LogP contribution in [0.3, 0.4) is 0 Å². The number of azo groups is 1. The number of fused-ring (bicyclic) bond motifs is 1. The number of nitrogens with one attached hydrogen (secondary N) is 1. The van der Waals surface area contributed by atoms with E-state index in [1.54, 1.807) is 0 Å². The van der Waals surface area contributed by atoms with Crippen molar-refractivity contribution in [3.8, 4) is 0 Å². The van der Waals surface area contributed by atoms with E-state index in [4.69, 9.17) is 32.0 Å². The Labute approximate surface area is 214 Å². The maximum absolute atomic E-state index is 6.01. The summed E-state index contributed by atoms with van der Waals surface area (Å²) in [5, 5.41) is 9.44. The van der Waals surface area contributed by atoms with Gasteiger partial charge in [-0.05, 0) is 44.9 Å². The molecule has 0 radical (unpaired) electrons. The molecular weight excluding hydrogens is 575 g/mol. The summed E-state index contributed by atoms with van der Waals surface area (Å²) in [6, 6.07) is 5.27. The Kier molecular flexibility index (Phi) is 18.0. The molecule has 0 spiro atoms. The number of aliphatic imine (C=N–C) groups is 2. The molecule has 3 rings (SSSR count). The minimum absolute atomic E-state index is 0. The Morgan fingerprint density at radius 1 is 1.03 bits per heavy atom. The van der Waals surface area contributed by atoms with E-state index in [1.165, 1.54) is 12.8 Å². The van der Waals surface area contributed by atoms with Crippen molar-refractivity contribution in [2.24, 2.45) is 20.2 Å². The number of imidazole rings is 1. The zero-order valence-electron chi connectivity index (χ0n) is 16.9. The van der Waals surface area contributed by atoms with E-state index in [2.05, 4.69) is 54.9 Å². The second-order valence-electron chi connectivity index (χ2n) is 6.35. The van der Waals surface area contributed by atoms with E-state index in [0.717, 1.165) is 48.4 Å². The van der Waals surface area contributed by atoms with Gasteiger partial charge in [0.05, 0.1) is 11.0 Å². The van der Waals surface area contributed by atoms with E-state index in [0.29, 0.717) is 23.6 Å². The van der Waals surface area contributed by atoms with Crippen LogP contribution in [-0.4, -0.2) is 46.0 Å². The molecular formula is C18H25Cl4N6Ni2O. The topological polar surface area (TPSA) is 110 Å². The van der Waals surface area contributed by atoms with Crippen LogP contribution >= 0.6 is 42.2 Å². The van der Waals surface area contributed by atoms with Crippen molar-refractivity contribution in [2.75, 3.05) is 13.1 Å². The molecule has 3 N–H and O–H groups in total. The first-order valence-corrected chi connectivity index (χ1v) is 13.5. The van der Waals surface area contributed by atoms with Crippen molar-refractivity contribution in [2.45, 2.75) is 45.6 Å². The number of benzene rings is 1. The van der Waals surface area contributed by atoms with E-state index in [-0.39, 0.29) is 11.5 Å². The molecule has 1 aromatic carbocycles. The fraction of sp³-hybridized carbons (Fsp3) is 0.500. The molecule has 2 aromatic rings. The quantitative estimate of drug-likeness (QED) is 0.312. The van der Waals surface area contributed by atoms with Gasteiger partial charge in [0.1, 0.15) is 6.04 Å². The van der Waals surface area contributed by atoms with Gasteiger partial charge in [0, 0.05) is 29.5 Å². The van der Waals surface area contributed by atoms with Crippen LogP contribution in [0.25, 0.3) is 11.0 Å². The molecule has 1 aliphatic heterocycles. The van der Waals surface area contributed by atoms with E-state index in [9.17, 15) is 0 Å². The molecule has 0 saturated carbocycles. The fourth-order valence-corrected chi connectivity index (χ4v) is 3.03. The summed E-state index contributed by atoms with van der Waals surface area (Å²) >= 11 is 9.92.